The topological polar surface area (TPSA) is 0 Å². The second-order valence-electron chi connectivity index (χ2n) is 9.50. The number of halogens is 2. The maximum Gasteiger partial charge on any atom is 0.0966 e. The third kappa shape index (κ3) is 22.6. The summed E-state index contributed by atoms with van der Waals surface area (Å²) in [6.45, 7) is 12.5. The summed E-state index contributed by atoms with van der Waals surface area (Å²) in [6.07, 6.45) is 21.1. The third-order valence-electron chi connectivity index (χ3n) is 5.52. The van der Waals surface area contributed by atoms with Gasteiger partial charge in [-0.15, -0.1) is 0 Å². The van der Waals surface area contributed by atoms with Gasteiger partial charge in [0.15, 0.2) is 0 Å². The maximum atomic E-state index is 3.86. The fraction of sp³-hybridized carbons (Fsp3) is 0.833. The Morgan fingerprint density at radius 1 is 0.464 bits per heavy atom. The molecule has 28 heavy (non-hydrogen) atoms. The Bertz CT molecular complexity index is 321. The van der Waals surface area contributed by atoms with Gasteiger partial charge in [0.1, 0.15) is 0 Å². The molecule has 4 heteroatoms. The minimum Gasteiger partial charge on any atom is -1.00 e. The lowest BCUT2D eigenvalue weighted by Crippen LogP contribution is -3.00. The van der Waals surface area contributed by atoms with Gasteiger partial charge in [-0.1, -0.05) is 64.5 Å². The molecule has 2 nitrogen and oxygen atoms in total. The maximum absolute atomic E-state index is 3.86. The molecule has 0 unspecified atom stereocenters. The second-order valence-corrected chi connectivity index (χ2v) is 9.50. The highest BCUT2D eigenvalue weighted by Crippen LogP contribution is 2.13. The Hall–Kier alpha value is 0.360. The fourth-order valence-electron chi connectivity index (χ4n) is 3.73. The van der Waals surface area contributed by atoms with Crippen LogP contribution in [0.25, 0.3) is 0 Å². The summed E-state index contributed by atoms with van der Waals surface area (Å²) in [7, 11) is 9.23. The van der Waals surface area contributed by atoms with E-state index < -0.39 is 0 Å². The molecule has 0 aromatic carbocycles. The standard InChI is InChI=1S/C24H50N2.2BrH/c1-7-21-25(3,4)23-19-17-15-13-11-9-10-12-14-16-18-20-24-26(5,6)22-8-2;;/h7-8H,1-2,9-24H2,3-6H3;2*1H/q+2;;/p-2. The van der Waals surface area contributed by atoms with Crippen LogP contribution in [-0.4, -0.2) is 63.3 Å². The van der Waals surface area contributed by atoms with Crippen LogP contribution in [0.4, 0.5) is 0 Å². The SMILES string of the molecule is C=CC[N+](C)(C)CCCCCCCCCCCCCC[N+](C)(C)CC=C.[Br-].[Br-]. The van der Waals surface area contributed by atoms with Gasteiger partial charge in [-0.2, -0.15) is 0 Å². The first-order valence-corrected chi connectivity index (χ1v) is 11.2. The van der Waals surface area contributed by atoms with Gasteiger partial charge >= 0.3 is 0 Å². The van der Waals surface area contributed by atoms with Gasteiger partial charge in [-0.05, 0) is 37.8 Å². The summed E-state index contributed by atoms with van der Waals surface area (Å²) in [4.78, 5) is 0. The first kappa shape index (κ1) is 33.0. The van der Waals surface area contributed by atoms with Crippen LogP contribution in [0.2, 0.25) is 0 Å². The molecule has 0 rings (SSSR count). The average molecular weight is 526 g/mol. The largest absolute Gasteiger partial charge is 1.00 e. The predicted molar refractivity (Wildman–Crippen MR) is 119 cm³/mol. The van der Waals surface area contributed by atoms with Crippen LogP contribution in [0.3, 0.4) is 0 Å². The molecular weight excluding hydrogens is 476 g/mol. The lowest BCUT2D eigenvalue weighted by atomic mass is 10.0. The van der Waals surface area contributed by atoms with Crippen molar-refractivity contribution in [3.05, 3.63) is 25.3 Å². The predicted octanol–water partition coefficient (Wildman–Crippen LogP) is 0.200. The van der Waals surface area contributed by atoms with Crippen LogP contribution in [0, 0.1) is 0 Å². The van der Waals surface area contributed by atoms with Crippen LogP contribution < -0.4 is 34.0 Å². The molecule has 0 spiro atoms. The van der Waals surface area contributed by atoms with Gasteiger partial charge in [0.2, 0.25) is 0 Å². The molecule has 0 atom stereocenters. The van der Waals surface area contributed by atoms with E-state index in [4.69, 9.17) is 0 Å². The van der Waals surface area contributed by atoms with Crippen molar-refractivity contribution in [2.75, 3.05) is 54.4 Å². The Morgan fingerprint density at radius 2 is 0.679 bits per heavy atom. The van der Waals surface area contributed by atoms with Crippen molar-refractivity contribution in [1.82, 2.24) is 0 Å². The zero-order valence-electron chi connectivity index (χ0n) is 19.5. The highest BCUT2D eigenvalue weighted by molar-refractivity contribution is 4.65. The zero-order chi connectivity index (χ0) is 19.7. The van der Waals surface area contributed by atoms with Gasteiger partial charge < -0.3 is 42.9 Å². The smallest absolute Gasteiger partial charge is 0.0966 e. The van der Waals surface area contributed by atoms with Gasteiger partial charge in [0.25, 0.3) is 0 Å². The highest BCUT2D eigenvalue weighted by Gasteiger charge is 2.11. The molecule has 170 valence electrons. The molecule has 0 bridgehead atoms. The molecule has 0 saturated carbocycles. The van der Waals surface area contributed by atoms with Crippen LogP contribution in [0.5, 0.6) is 0 Å². The zero-order valence-corrected chi connectivity index (χ0v) is 22.7. The Balaban J connectivity index is -0.00000312. The van der Waals surface area contributed by atoms with E-state index in [2.05, 4.69) is 41.3 Å². The van der Waals surface area contributed by atoms with Crippen molar-refractivity contribution < 1.29 is 42.9 Å². The molecule has 0 N–H and O–H groups in total. The summed E-state index contributed by atoms with van der Waals surface area (Å²) in [5.41, 5.74) is 0. The molecule has 0 heterocycles. The van der Waals surface area contributed by atoms with Crippen LogP contribution >= 0.6 is 0 Å². The van der Waals surface area contributed by atoms with Crippen molar-refractivity contribution in [3.63, 3.8) is 0 Å². The molecule has 0 aliphatic heterocycles. The molecule has 0 fully saturated rings. The lowest BCUT2D eigenvalue weighted by Gasteiger charge is -2.28. The van der Waals surface area contributed by atoms with Crippen molar-refractivity contribution in [3.8, 4) is 0 Å². The first-order valence-electron chi connectivity index (χ1n) is 11.2. The van der Waals surface area contributed by atoms with Crippen molar-refractivity contribution in [1.29, 1.82) is 0 Å². The van der Waals surface area contributed by atoms with Gasteiger partial charge in [-0.3, -0.25) is 0 Å². The monoisotopic (exact) mass is 524 g/mol. The Morgan fingerprint density at radius 3 is 0.893 bits per heavy atom. The quantitative estimate of drug-likeness (QED) is 0.128. The average Bonchev–Trinajstić information content (AvgIpc) is 2.55. The van der Waals surface area contributed by atoms with E-state index in [-0.39, 0.29) is 34.0 Å². The Kier molecular flexibility index (Phi) is 24.3. The van der Waals surface area contributed by atoms with Crippen molar-refractivity contribution in [2.45, 2.75) is 77.0 Å². The molecule has 0 aromatic heterocycles. The van der Waals surface area contributed by atoms with Crippen LogP contribution in [-0.2, 0) is 0 Å². The van der Waals surface area contributed by atoms with E-state index >= 15 is 0 Å². The summed E-state index contributed by atoms with van der Waals surface area (Å²) < 4.78 is 2.18. The van der Waals surface area contributed by atoms with Gasteiger partial charge in [0, 0.05) is 0 Å². The number of hydrogen-bond donors (Lipinski definition) is 0. The van der Waals surface area contributed by atoms with E-state index in [1.54, 1.807) is 0 Å². The molecule has 0 aromatic rings. The summed E-state index contributed by atoms with van der Waals surface area (Å²) in [5, 5.41) is 0. The third-order valence-corrected chi connectivity index (χ3v) is 5.52. The molecule has 0 aliphatic carbocycles. The molecular formula is C24H50Br2N2. The van der Waals surface area contributed by atoms with Gasteiger partial charge in [-0.25, -0.2) is 0 Å². The van der Waals surface area contributed by atoms with Crippen LogP contribution in [0.1, 0.15) is 77.0 Å². The number of rotatable bonds is 19. The van der Waals surface area contributed by atoms with Crippen molar-refractivity contribution in [2.24, 2.45) is 0 Å². The molecule has 0 amide bonds. The number of nitrogens with zero attached hydrogens (tertiary/aromatic N) is 2. The molecule has 0 saturated heterocycles. The van der Waals surface area contributed by atoms with Crippen LogP contribution in [0.15, 0.2) is 25.3 Å². The van der Waals surface area contributed by atoms with Gasteiger partial charge in [0.05, 0.1) is 54.4 Å². The number of hydrogen-bond acceptors (Lipinski definition) is 0. The molecule has 0 radical (unpaired) electrons. The molecule has 0 aliphatic rings. The summed E-state index contributed by atoms with van der Waals surface area (Å²) in [5.74, 6) is 0. The van der Waals surface area contributed by atoms with E-state index in [1.165, 1.54) is 90.1 Å². The first-order chi connectivity index (χ1) is 12.3. The number of likely N-dealkylation sites (N-methyl/N-ethyl adjacent to an activating group) is 2. The number of unbranched alkanes of at least 4 members (excludes halogenated alkanes) is 11. The highest BCUT2D eigenvalue weighted by atomic mass is 79.9. The second kappa shape index (κ2) is 20.6. The number of quaternary nitrogens is 2. The van der Waals surface area contributed by atoms with E-state index in [9.17, 15) is 0 Å². The van der Waals surface area contributed by atoms with E-state index in [1.807, 2.05) is 12.2 Å². The minimum atomic E-state index is 0. The van der Waals surface area contributed by atoms with Crippen molar-refractivity contribution >= 4 is 0 Å². The van der Waals surface area contributed by atoms with E-state index in [0.29, 0.717) is 0 Å². The Labute approximate surface area is 199 Å². The lowest BCUT2D eigenvalue weighted by molar-refractivity contribution is -0.884. The summed E-state index contributed by atoms with van der Waals surface area (Å²) in [6, 6.07) is 0. The summed E-state index contributed by atoms with van der Waals surface area (Å²) >= 11 is 0. The fourth-order valence-corrected chi connectivity index (χ4v) is 3.73. The van der Waals surface area contributed by atoms with E-state index in [0.717, 1.165) is 22.1 Å². The minimum absolute atomic E-state index is 0. The normalized spacial score (nSPS) is 11.4.